The summed E-state index contributed by atoms with van der Waals surface area (Å²) in [4.78, 5) is 24.4. The molecule has 6 heteroatoms. The van der Waals surface area contributed by atoms with Gasteiger partial charge in [0, 0.05) is 17.4 Å². The first-order valence-electron chi connectivity index (χ1n) is 8.99. The smallest absolute Gasteiger partial charge is 0.234 e. The largest absolute Gasteiger partial charge is 0.357 e. The summed E-state index contributed by atoms with van der Waals surface area (Å²) >= 11 is 1.40. The van der Waals surface area contributed by atoms with Crippen LogP contribution in [0.4, 0.5) is 5.69 Å². The Morgan fingerprint density at radius 3 is 2.68 bits per heavy atom. The molecule has 4 rings (SSSR count). The summed E-state index contributed by atoms with van der Waals surface area (Å²) in [5.41, 5.74) is 7.01. The number of aromatic nitrogens is 3. The maximum absolute atomic E-state index is 12.4. The Kier molecular flexibility index (Phi) is 5.12. The van der Waals surface area contributed by atoms with Gasteiger partial charge >= 0.3 is 0 Å². The predicted octanol–water partition coefficient (Wildman–Crippen LogP) is 4.97. The van der Waals surface area contributed by atoms with E-state index < -0.39 is 0 Å². The molecule has 5 nitrogen and oxygen atoms in total. The van der Waals surface area contributed by atoms with E-state index in [4.69, 9.17) is 0 Å². The fourth-order valence-corrected chi connectivity index (χ4v) is 3.78. The van der Waals surface area contributed by atoms with Gasteiger partial charge in [-0.2, -0.15) is 0 Å². The van der Waals surface area contributed by atoms with Gasteiger partial charge in [-0.15, -0.1) is 0 Å². The zero-order valence-corrected chi connectivity index (χ0v) is 16.5. The van der Waals surface area contributed by atoms with Crippen molar-refractivity contribution in [3.63, 3.8) is 0 Å². The summed E-state index contributed by atoms with van der Waals surface area (Å²) in [5.74, 6) is 0.216. The minimum Gasteiger partial charge on any atom is -0.357 e. The third-order valence-corrected chi connectivity index (χ3v) is 5.63. The van der Waals surface area contributed by atoms with Crippen LogP contribution in [0.25, 0.3) is 22.2 Å². The van der Waals surface area contributed by atoms with E-state index in [1.165, 1.54) is 17.3 Å². The fraction of sp³-hybridized carbons (Fsp3) is 0.136. The van der Waals surface area contributed by atoms with Crippen LogP contribution in [0, 0.1) is 13.8 Å². The molecular weight excluding hydrogens is 368 g/mol. The molecule has 0 fully saturated rings. The molecule has 0 saturated heterocycles. The quantitative estimate of drug-likeness (QED) is 0.374. The number of hydrogen-bond acceptors (Lipinski definition) is 4. The molecule has 0 unspecified atom stereocenters. The second-order valence-corrected chi connectivity index (χ2v) is 7.57. The number of aromatic amines is 1. The number of hydrogen-bond donors (Lipinski definition) is 2. The Bertz CT molecular complexity index is 1140. The lowest BCUT2D eigenvalue weighted by molar-refractivity contribution is -0.113. The number of thioether (sulfide) groups is 1. The first-order valence-corrected chi connectivity index (χ1v) is 9.98. The second kappa shape index (κ2) is 7.86. The lowest BCUT2D eigenvalue weighted by Gasteiger charge is -2.07. The number of amides is 1. The summed E-state index contributed by atoms with van der Waals surface area (Å²) in [6, 6.07) is 16.0. The normalized spacial score (nSPS) is 10.9. The predicted molar refractivity (Wildman–Crippen MR) is 115 cm³/mol. The molecule has 140 valence electrons. The zero-order valence-electron chi connectivity index (χ0n) is 15.7. The van der Waals surface area contributed by atoms with Crippen molar-refractivity contribution in [3.8, 4) is 11.1 Å². The van der Waals surface area contributed by atoms with Gasteiger partial charge in [-0.25, -0.2) is 9.97 Å². The molecule has 2 aromatic heterocycles. The van der Waals surface area contributed by atoms with Gasteiger partial charge in [0.15, 0.2) is 0 Å². The number of nitrogens with zero attached hydrogens (tertiary/aromatic N) is 2. The molecular formula is C22H20N4OS. The van der Waals surface area contributed by atoms with E-state index in [0.717, 1.165) is 38.4 Å². The SMILES string of the molecule is Cc1ccc(NC(=O)CSc2ncnc3c(-c4ccccc4)c[nH]c23)cc1C. The highest BCUT2D eigenvalue weighted by Crippen LogP contribution is 2.31. The van der Waals surface area contributed by atoms with E-state index in [2.05, 4.69) is 39.3 Å². The maximum atomic E-state index is 12.4. The average molecular weight is 388 g/mol. The summed E-state index contributed by atoms with van der Waals surface area (Å²) in [5, 5.41) is 3.71. The topological polar surface area (TPSA) is 70.7 Å². The molecule has 0 saturated carbocycles. The molecule has 0 spiro atoms. The average Bonchev–Trinajstić information content (AvgIpc) is 3.15. The second-order valence-electron chi connectivity index (χ2n) is 6.61. The molecule has 0 aliphatic heterocycles. The third kappa shape index (κ3) is 3.77. The molecule has 0 aliphatic carbocycles. The molecule has 2 aromatic carbocycles. The van der Waals surface area contributed by atoms with Crippen molar-refractivity contribution in [2.75, 3.05) is 11.1 Å². The molecule has 0 aliphatic rings. The summed E-state index contributed by atoms with van der Waals surface area (Å²) in [7, 11) is 0. The Morgan fingerprint density at radius 1 is 1.07 bits per heavy atom. The molecule has 0 atom stereocenters. The van der Waals surface area contributed by atoms with Gasteiger partial charge in [0.25, 0.3) is 0 Å². The van der Waals surface area contributed by atoms with Gasteiger partial charge in [-0.05, 0) is 42.7 Å². The van der Waals surface area contributed by atoms with Gasteiger partial charge in [-0.1, -0.05) is 48.2 Å². The summed E-state index contributed by atoms with van der Waals surface area (Å²) < 4.78 is 0. The first kappa shape index (κ1) is 18.3. The molecule has 2 N–H and O–H groups in total. The van der Waals surface area contributed by atoms with Gasteiger partial charge in [0.1, 0.15) is 16.9 Å². The van der Waals surface area contributed by atoms with E-state index in [9.17, 15) is 4.79 Å². The first-order chi connectivity index (χ1) is 13.6. The van der Waals surface area contributed by atoms with E-state index in [1.54, 1.807) is 6.33 Å². The van der Waals surface area contributed by atoms with Crippen LogP contribution in [-0.2, 0) is 4.79 Å². The Morgan fingerprint density at radius 2 is 1.89 bits per heavy atom. The van der Waals surface area contributed by atoms with Crippen LogP contribution in [-0.4, -0.2) is 26.6 Å². The number of aryl methyl sites for hydroxylation is 2. The number of nitrogens with one attached hydrogen (secondary N) is 2. The number of carbonyl (C=O) groups is 1. The Labute approximate surface area is 167 Å². The van der Waals surface area contributed by atoms with Gasteiger partial charge in [0.2, 0.25) is 5.91 Å². The van der Waals surface area contributed by atoms with Crippen molar-refractivity contribution in [2.45, 2.75) is 18.9 Å². The number of benzene rings is 2. The Hall–Kier alpha value is -3.12. The number of rotatable bonds is 5. The highest BCUT2D eigenvalue weighted by atomic mass is 32.2. The van der Waals surface area contributed by atoms with Crippen molar-refractivity contribution in [1.82, 2.24) is 15.0 Å². The number of carbonyl (C=O) groups excluding carboxylic acids is 1. The van der Waals surface area contributed by atoms with E-state index in [-0.39, 0.29) is 11.7 Å². The summed E-state index contributed by atoms with van der Waals surface area (Å²) in [6.07, 6.45) is 3.49. The summed E-state index contributed by atoms with van der Waals surface area (Å²) in [6.45, 7) is 4.09. The van der Waals surface area contributed by atoms with Crippen LogP contribution in [0.2, 0.25) is 0 Å². The molecule has 4 aromatic rings. The molecule has 1 amide bonds. The van der Waals surface area contributed by atoms with Gasteiger partial charge in [-0.3, -0.25) is 4.79 Å². The number of fused-ring (bicyclic) bond motifs is 1. The minimum atomic E-state index is -0.0603. The standard InChI is InChI=1S/C22H20N4OS/c1-14-8-9-17(10-15(14)2)26-19(27)12-28-22-21-20(24-13-25-22)18(11-23-21)16-6-4-3-5-7-16/h3-11,13,23H,12H2,1-2H3,(H,26,27). The van der Waals surface area contributed by atoms with Crippen molar-refractivity contribution < 1.29 is 4.79 Å². The van der Waals surface area contributed by atoms with Crippen molar-refractivity contribution in [2.24, 2.45) is 0 Å². The lowest BCUT2D eigenvalue weighted by atomic mass is 10.1. The maximum Gasteiger partial charge on any atom is 0.234 e. The lowest BCUT2D eigenvalue weighted by Crippen LogP contribution is -2.14. The molecule has 28 heavy (non-hydrogen) atoms. The monoisotopic (exact) mass is 388 g/mol. The van der Waals surface area contributed by atoms with Crippen molar-refractivity contribution >= 4 is 34.4 Å². The van der Waals surface area contributed by atoms with E-state index >= 15 is 0 Å². The Balaban J connectivity index is 1.50. The van der Waals surface area contributed by atoms with Gasteiger partial charge < -0.3 is 10.3 Å². The van der Waals surface area contributed by atoms with Crippen LogP contribution >= 0.6 is 11.8 Å². The van der Waals surface area contributed by atoms with E-state index in [0.29, 0.717) is 0 Å². The van der Waals surface area contributed by atoms with Crippen LogP contribution in [0.1, 0.15) is 11.1 Å². The third-order valence-electron chi connectivity index (χ3n) is 4.64. The zero-order chi connectivity index (χ0) is 19.5. The number of anilines is 1. The van der Waals surface area contributed by atoms with Gasteiger partial charge in [0.05, 0.1) is 11.3 Å². The van der Waals surface area contributed by atoms with Crippen LogP contribution < -0.4 is 5.32 Å². The fourth-order valence-electron chi connectivity index (χ4n) is 3.01. The van der Waals surface area contributed by atoms with Crippen LogP contribution in [0.3, 0.4) is 0 Å². The highest BCUT2D eigenvalue weighted by Gasteiger charge is 2.13. The van der Waals surface area contributed by atoms with Crippen molar-refractivity contribution in [1.29, 1.82) is 0 Å². The highest BCUT2D eigenvalue weighted by molar-refractivity contribution is 8.00. The number of H-pyrrole nitrogens is 1. The van der Waals surface area contributed by atoms with Crippen LogP contribution in [0.15, 0.2) is 66.1 Å². The molecule has 2 heterocycles. The molecule has 0 bridgehead atoms. The molecule has 0 radical (unpaired) electrons. The minimum absolute atomic E-state index is 0.0603. The van der Waals surface area contributed by atoms with Crippen LogP contribution in [0.5, 0.6) is 0 Å². The van der Waals surface area contributed by atoms with Crippen molar-refractivity contribution in [3.05, 3.63) is 72.2 Å². The van der Waals surface area contributed by atoms with E-state index in [1.807, 2.05) is 49.5 Å².